The van der Waals surface area contributed by atoms with Gasteiger partial charge in [0, 0.05) is 5.56 Å². The van der Waals surface area contributed by atoms with Gasteiger partial charge in [0.1, 0.15) is 0 Å². The molecule has 0 amide bonds. The van der Waals surface area contributed by atoms with Gasteiger partial charge in [0.15, 0.2) is 5.11 Å². The van der Waals surface area contributed by atoms with Gasteiger partial charge in [-0.15, -0.1) is 0 Å². The van der Waals surface area contributed by atoms with Crippen molar-refractivity contribution in [3.63, 3.8) is 0 Å². The first-order chi connectivity index (χ1) is 9.01. The Morgan fingerprint density at radius 2 is 1.75 bits per heavy atom. The average molecular weight is 315 g/mol. The van der Waals surface area contributed by atoms with Crippen molar-refractivity contribution in [2.24, 2.45) is 10.8 Å². The Balaban J connectivity index is 3.25. The van der Waals surface area contributed by atoms with Crippen molar-refractivity contribution >= 4 is 23.5 Å². The van der Waals surface area contributed by atoms with Gasteiger partial charge in [-0.3, -0.25) is 5.43 Å². The third-order valence-electron chi connectivity index (χ3n) is 2.06. The highest BCUT2D eigenvalue weighted by molar-refractivity contribution is 7.80. The lowest BCUT2D eigenvalue weighted by molar-refractivity contribution is -0.143. The third-order valence-corrected chi connectivity index (χ3v) is 2.16. The topological polar surface area (TPSA) is 50.4 Å². The fourth-order valence-electron chi connectivity index (χ4n) is 1.26. The van der Waals surface area contributed by atoms with Gasteiger partial charge in [-0.25, -0.2) is 0 Å². The van der Waals surface area contributed by atoms with Crippen LogP contribution in [0, 0.1) is 0 Å². The molecule has 1 aromatic carbocycles. The number of benzene rings is 1. The molecule has 20 heavy (non-hydrogen) atoms. The second kappa shape index (κ2) is 5.65. The molecule has 0 aliphatic carbocycles. The van der Waals surface area contributed by atoms with E-state index in [9.17, 15) is 26.3 Å². The second-order valence-corrected chi connectivity index (χ2v) is 3.97. The van der Waals surface area contributed by atoms with Crippen LogP contribution in [0.15, 0.2) is 23.3 Å². The molecular weight excluding hydrogens is 308 g/mol. The predicted molar refractivity (Wildman–Crippen MR) is 64.0 cm³/mol. The number of nitrogens with one attached hydrogen (secondary N) is 1. The van der Waals surface area contributed by atoms with Crippen LogP contribution in [0.3, 0.4) is 0 Å². The minimum Gasteiger partial charge on any atom is -0.375 e. The van der Waals surface area contributed by atoms with E-state index in [1.165, 1.54) is 0 Å². The Morgan fingerprint density at radius 3 is 2.20 bits per heavy atom. The van der Waals surface area contributed by atoms with Gasteiger partial charge < -0.3 is 5.73 Å². The highest BCUT2D eigenvalue weighted by Crippen LogP contribution is 2.36. The largest absolute Gasteiger partial charge is 0.417 e. The number of hydrogen-bond acceptors (Lipinski definition) is 2. The molecule has 0 spiro atoms. The van der Waals surface area contributed by atoms with Crippen molar-refractivity contribution < 1.29 is 26.3 Å². The lowest BCUT2D eigenvalue weighted by atomic mass is 10.0. The summed E-state index contributed by atoms with van der Waals surface area (Å²) in [6.45, 7) is 0. The fraction of sp³-hybridized carbons (Fsp3) is 0.200. The molecule has 0 bridgehead atoms. The molecule has 0 fully saturated rings. The molecule has 0 aliphatic rings. The molecule has 0 saturated heterocycles. The summed E-state index contributed by atoms with van der Waals surface area (Å²) in [5.74, 6) is 0. The predicted octanol–water partition coefficient (Wildman–Crippen LogP) is 2.89. The minimum absolute atomic E-state index is 0.0160. The zero-order chi connectivity index (χ0) is 15.6. The molecule has 0 aromatic heterocycles. The van der Waals surface area contributed by atoms with Crippen molar-refractivity contribution in [1.82, 2.24) is 5.43 Å². The molecule has 0 unspecified atom stereocenters. The van der Waals surface area contributed by atoms with E-state index in [2.05, 4.69) is 17.3 Å². The van der Waals surface area contributed by atoms with E-state index in [-0.39, 0.29) is 11.2 Å². The van der Waals surface area contributed by atoms with Crippen LogP contribution in [-0.4, -0.2) is 11.3 Å². The van der Waals surface area contributed by atoms with E-state index < -0.39 is 29.0 Å². The molecular formula is C10H7F6N3S. The van der Waals surface area contributed by atoms with Gasteiger partial charge in [0.05, 0.1) is 17.3 Å². The van der Waals surface area contributed by atoms with Crippen molar-refractivity contribution in [1.29, 1.82) is 0 Å². The van der Waals surface area contributed by atoms with E-state index in [1.54, 1.807) is 0 Å². The zero-order valence-corrected chi connectivity index (χ0v) is 10.3. The van der Waals surface area contributed by atoms with Crippen LogP contribution in [-0.2, 0) is 12.4 Å². The lowest BCUT2D eigenvalue weighted by Gasteiger charge is -2.13. The van der Waals surface area contributed by atoms with Crippen molar-refractivity contribution in [3.05, 3.63) is 34.9 Å². The Bertz CT molecular complexity index is 535. The van der Waals surface area contributed by atoms with Gasteiger partial charge in [-0.2, -0.15) is 31.4 Å². The van der Waals surface area contributed by atoms with Crippen LogP contribution in [0.5, 0.6) is 0 Å². The van der Waals surface area contributed by atoms with Gasteiger partial charge in [0.2, 0.25) is 0 Å². The molecule has 3 N–H and O–H groups in total. The maximum absolute atomic E-state index is 12.7. The summed E-state index contributed by atoms with van der Waals surface area (Å²) in [7, 11) is 0. The molecule has 3 nitrogen and oxygen atoms in total. The van der Waals surface area contributed by atoms with Gasteiger partial charge >= 0.3 is 12.4 Å². The molecule has 0 heterocycles. The number of thiocarbonyl (C=S) groups is 1. The average Bonchev–Trinajstić information content (AvgIpc) is 2.25. The van der Waals surface area contributed by atoms with Crippen LogP contribution in [0.2, 0.25) is 0 Å². The van der Waals surface area contributed by atoms with Gasteiger partial charge in [-0.05, 0) is 24.4 Å². The van der Waals surface area contributed by atoms with Crippen molar-refractivity contribution in [3.8, 4) is 0 Å². The molecule has 0 saturated carbocycles. The number of hydrogen-bond donors (Lipinski definition) is 2. The molecule has 0 radical (unpaired) electrons. The van der Waals surface area contributed by atoms with Crippen molar-refractivity contribution in [2.75, 3.05) is 0 Å². The SMILES string of the molecule is NC(=S)NN=Cc1ccc(C(F)(F)F)cc1C(F)(F)F. The molecule has 0 atom stereocenters. The first-order valence-corrected chi connectivity index (χ1v) is 5.29. The number of nitrogens with two attached hydrogens (primary N) is 1. The third kappa shape index (κ3) is 4.37. The molecule has 1 rings (SSSR count). The van der Waals surface area contributed by atoms with E-state index in [1.807, 2.05) is 5.43 Å². The lowest BCUT2D eigenvalue weighted by Crippen LogP contribution is -2.24. The molecule has 110 valence electrons. The molecule has 10 heteroatoms. The summed E-state index contributed by atoms with van der Waals surface area (Å²) in [6.07, 6.45) is -9.14. The molecule has 1 aromatic rings. The first-order valence-electron chi connectivity index (χ1n) is 4.89. The number of alkyl halides is 6. The van der Waals surface area contributed by atoms with E-state index in [4.69, 9.17) is 5.73 Å². The Labute approximate surface area is 114 Å². The molecule has 0 aliphatic heterocycles. The van der Waals surface area contributed by atoms with Crippen molar-refractivity contribution in [2.45, 2.75) is 12.4 Å². The number of nitrogens with zero attached hydrogens (tertiary/aromatic N) is 1. The standard InChI is InChI=1S/C10H7F6N3S/c11-9(12,13)6-2-1-5(4-18-19-8(17)20)7(3-6)10(14,15)16/h1-4H,(H3,17,19,20). The quantitative estimate of drug-likeness (QED) is 0.382. The second-order valence-electron chi connectivity index (χ2n) is 3.53. The maximum Gasteiger partial charge on any atom is 0.417 e. The number of halogens is 6. The minimum atomic E-state index is -4.95. The van der Waals surface area contributed by atoms with Gasteiger partial charge in [0.25, 0.3) is 0 Å². The van der Waals surface area contributed by atoms with Crippen LogP contribution < -0.4 is 11.2 Å². The number of rotatable bonds is 2. The fourth-order valence-corrected chi connectivity index (χ4v) is 1.31. The van der Waals surface area contributed by atoms with Crippen LogP contribution in [0.4, 0.5) is 26.3 Å². The maximum atomic E-state index is 12.7. The summed E-state index contributed by atoms with van der Waals surface area (Å²) in [4.78, 5) is 0. The highest BCUT2D eigenvalue weighted by Gasteiger charge is 2.37. The highest BCUT2D eigenvalue weighted by atomic mass is 32.1. The Kier molecular flexibility index (Phi) is 4.58. The van der Waals surface area contributed by atoms with Crippen LogP contribution >= 0.6 is 12.2 Å². The Morgan fingerprint density at radius 1 is 1.15 bits per heavy atom. The summed E-state index contributed by atoms with van der Waals surface area (Å²) in [6, 6.07) is 1.20. The van der Waals surface area contributed by atoms with Crippen LogP contribution in [0.25, 0.3) is 0 Å². The number of hydrazone groups is 1. The smallest absolute Gasteiger partial charge is 0.375 e. The Hall–Kier alpha value is -1.84. The summed E-state index contributed by atoms with van der Waals surface area (Å²) < 4.78 is 75.3. The first kappa shape index (κ1) is 16.2. The van der Waals surface area contributed by atoms with E-state index >= 15 is 0 Å². The monoisotopic (exact) mass is 315 g/mol. The zero-order valence-electron chi connectivity index (χ0n) is 9.51. The van der Waals surface area contributed by atoms with E-state index in [0.29, 0.717) is 18.3 Å². The van der Waals surface area contributed by atoms with E-state index in [0.717, 1.165) is 0 Å². The van der Waals surface area contributed by atoms with Crippen LogP contribution in [0.1, 0.15) is 16.7 Å². The summed E-state index contributed by atoms with van der Waals surface area (Å²) >= 11 is 4.37. The normalized spacial score (nSPS) is 12.7. The summed E-state index contributed by atoms with van der Waals surface area (Å²) in [5, 5.41) is 2.99. The summed E-state index contributed by atoms with van der Waals surface area (Å²) in [5.41, 5.74) is 3.60. The van der Waals surface area contributed by atoms with Gasteiger partial charge in [-0.1, -0.05) is 6.07 Å².